The van der Waals surface area contributed by atoms with E-state index in [4.69, 9.17) is 0 Å². The Kier molecular flexibility index (Phi) is 5.84. The number of benzene rings is 1. The summed E-state index contributed by atoms with van der Waals surface area (Å²) in [5, 5.41) is 12.3. The van der Waals surface area contributed by atoms with Crippen LogP contribution in [0.2, 0.25) is 0 Å². The number of rotatable bonds is 4. The summed E-state index contributed by atoms with van der Waals surface area (Å²) in [6, 6.07) is 4.77. The first-order valence-electron chi connectivity index (χ1n) is 7.12. The summed E-state index contributed by atoms with van der Waals surface area (Å²) < 4.78 is 0.699. The molecule has 1 aliphatic heterocycles. The van der Waals surface area contributed by atoms with E-state index in [1.807, 2.05) is 27.5 Å². The van der Waals surface area contributed by atoms with E-state index in [1.165, 1.54) is 12.5 Å². The number of nitrogens with one attached hydrogen (secondary N) is 1. The van der Waals surface area contributed by atoms with E-state index in [0.717, 1.165) is 25.9 Å². The highest BCUT2D eigenvalue weighted by Crippen LogP contribution is 2.20. The van der Waals surface area contributed by atoms with Crippen LogP contribution in [0.4, 0.5) is 0 Å². The van der Waals surface area contributed by atoms with Gasteiger partial charge in [0, 0.05) is 31.6 Å². The molecule has 1 aromatic rings. The molecule has 1 aliphatic rings. The Bertz CT molecular complexity index is 528. The number of amides is 2. The van der Waals surface area contributed by atoms with Crippen LogP contribution in [0.15, 0.2) is 18.2 Å². The van der Waals surface area contributed by atoms with Gasteiger partial charge in [-0.2, -0.15) is 0 Å². The summed E-state index contributed by atoms with van der Waals surface area (Å²) in [6.07, 6.45) is 3.65. The van der Waals surface area contributed by atoms with Crippen LogP contribution in [0, 0.1) is 3.57 Å². The second-order valence-corrected chi connectivity index (χ2v) is 6.28. The van der Waals surface area contributed by atoms with E-state index in [1.54, 1.807) is 12.1 Å². The average Bonchev–Trinajstić information content (AvgIpc) is 2.50. The molecule has 1 fully saturated rings. The molecule has 114 valence electrons. The van der Waals surface area contributed by atoms with Crippen molar-refractivity contribution in [1.29, 1.82) is 0 Å². The summed E-state index contributed by atoms with van der Waals surface area (Å²) >= 11 is 1.99. The van der Waals surface area contributed by atoms with Crippen LogP contribution in [0.1, 0.15) is 36.0 Å². The molecular weight excluding hydrogens is 383 g/mol. The van der Waals surface area contributed by atoms with Crippen molar-refractivity contribution < 1.29 is 14.7 Å². The van der Waals surface area contributed by atoms with Gasteiger partial charge in [-0.15, -0.1) is 0 Å². The van der Waals surface area contributed by atoms with E-state index >= 15 is 0 Å². The SMILES string of the molecule is O=C(NCCC(=O)N1CCCCC1)c1ccc(I)c(O)c1. The van der Waals surface area contributed by atoms with Crippen LogP contribution in [-0.4, -0.2) is 41.5 Å². The highest BCUT2D eigenvalue weighted by atomic mass is 127. The summed E-state index contributed by atoms with van der Waals surface area (Å²) in [7, 11) is 0. The number of halogens is 1. The molecular formula is C15H19IN2O3. The van der Waals surface area contributed by atoms with Gasteiger partial charge < -0.3 is 15.3 Å². The number of aromatic hydroxyl groups is 1. The minimum atomic E-state index is -0.270. The lowest BCUT2D eigenvalue weighted by Gasteiger charge is -2.26. The van der Waals surface area contributed by atoms with E-state index in [9.17, 15) is 14.7 Å². The number of nitrogens with zero attached hydrogens (tertiary/aromatic N) is 1. The molecule has 21 heavy (non-hydrogen) atoms. The predicted octanol–water partition coefficient (Wildman–Crippen LogP) is 2.13. The number of likely N-dealkylation sites (tertiary alicyclic amines) is 1. The van der Waals surface area contributed by atoms with Crippen molar-refractivity contribution in [3.63, 3.8) is 0 Å². The molecule has 1 aromatic carbocycles. The molecule has 5 nitrogen and oxygen atoms in total. The van der Waals surface area contributed by atoms with Gasteiger partial charge in [-0.05, 0) is 60.1 Å². The van der Waals surface area contributed by atoms with Crippen molar-refractivity contribution in [2.45, 2.75) is 25.7 Å². The van der Waals surface area contributed by atoms with Crippen molar-refractivity contribution in [3.05, 3.63) is 27.3 Å². The van der Waals surface area contributed by atoms with Crippen molar-refractivity contribution in [2.75, 3.05) is 19.6 Å². The normalized spacial score (nSPS) is 14.8. The minimum absolute atomic E-state index is 0.0904. The van der Waals surface area contributed by atoms with Gasteiger partial charge in [0.1, 0.15) is 5.75 Å². The van der Waals surface area contributed by atoms with Crippen molar-refractivity contribution in [2.24, 2.45) is 0 Å². The zero-order chi connectivity index (χ0) is 15.2. The van der Waals surface area contributed by atoms with Crippen molar-refractivity contribution in [1.82, 2.24) is 10.2 Å². The van der Waals surface area contributed by atoms with Crippen LogP contribution in [0.3, 0.4) is 0 Å². The Labute approximate surface area is 137 Å². The largest absolute Gasteiger partial charge is 0.507 e. The van der Waals surface area contributed by atoms with Gasteiger partial charge in [0.2, 0.25) is 5.91 Å². The van der Waals surface area contributed by atoms with Gasteiger partial charge in [0.25, 0.3) is 5.91 Å². The third kappa shape index (κ3) is 4.59. The summed E-state index contributed by atoms with van der Waals surface area (Å²) in [4.78, 5) is 25.7. The van der Waals surface area contributed by atoms with Crippen LogP contribution < -0.4 is 5.32 Å². The maximum atomic E-state index is 11.9. The zero-order valence-electron chi connectivity index (χ0n) is 11.8. The molecule has 0 aromatic heterocycles. The summed E-state index contributed by atoms with van der Waals surface area (Å²) in [6.45, 7) is 1.98. The Hall–Kier alpha value is -1.31. The summed E-state index contributed by atoms with van der Waals surface area (Å²) in [5.41, 5.74) is 0.401. The van der Waals surface area contributed by atoms with E-state index in [2.05, 4.69) is 5.32 Å². The number of hydrogen-bond donors (Lipinski definition) is 2. The number of phenols is 1. The van der Waals surface area contributed by atoms with Crippen LogP contribution in [0.5, 0.6) is 5.75 Å². The molecule has 0 bridgehead atoms. The lowest BCUT2D eigenvalue weighted by atomic mass is 10.1. The van der Waals surface area contributed by atoms with Crippen molar-refractivity contribution in [3.8, 4) is 5.75 Å². The smallest absolute Gasteiger partial charge is 0.251 e. The number of carbonyl (C=O) groups is 2. The van der Waals surface area contributed by atoms with E-state index in [-0.39, 0.29) is 17.6 Å². The molecule has 2 rings (SSSR count). The lowest BCUT2D eigenvalue weighted by molar-refractivity contribution is -0.131. The van der Waals surface area contributed by atoms with Crippen LogP contribution >= 0.6 is 22.6 Å². The van der Waals surface area contributed by atoms with E-state index in [0.29, 0.717) is 22.1 Å². The topological polar surface area (TPSA) is 69.6 Å². The lowest BCUT2D eigenvalue weighted by Crippen LogP contribution is -2.37. The minimum Gasteiger partial charge on any atom is -0.507 e. The fourth-order valence-corrected chi connectivity index (χ4v) is 2.68. The molecule has 2 N–H and O–H groups in total. The molecule has 2 amide bonds. The highest BCUT2D eigenvalue weighted by Gasteiger charge is 2.16. The number of carbonyl (C=O) groups excluding carboxylic acids is 2. The maximum Gasteiger partial charge on any atom is 0.251 e. The van der Waals surface area contributed by atoms with Gasteiger partial charge in [0.15, 0.2) is 0 Å². The Morgan fingerprint density at radius 2 is 1.95 bits per heavy atom. The monoisotopic (exact) mass is 402 g/mol. The van der Waals surface area contributed by atoms with Gasteiger partial charge in [-0.3, -0.25) is 9.59 Å². The first kappa shape index (κ1) is 16.1. The third-order valence-corrected chi connectivity index (χ3v) is 4.45. The second-order valence-electron chi connectivity index (χ2n) is 5.11. The molecule has 0 unspecified atom stereocenters. The maximum absolute atomic E-state index is 11.9. The quantitative estimate of drug-likeness (QED) is 0.759. The van der Waals surface area contributed by atoms with Crippen LogP contribution in [-0.2, 0) is 4.79 Å². The first-order chi connectivity index (χ1) is 10.1. The molecule has 0 saturated carbocycles. The standard InChI is InChI=1S/C15H19IN2O3/c16-12-5-4-11(10-13(12)19)15(21)17-7-6-14(20)18-8-2-1-3-9-18/h4-5,10,19H,1-3,6-9H2,(H,17,21). The first-order valence-corrected chi connectivity index (χ1v) is 8.20. The zero-order valence-corrected chi connectivity index (χ0v) is 13.9. The van der Waals surface area contributed by atoms with E-state index < -0.39 is 0 Å². The Morgan fingerprint density at radius 3 is 2.62 bits per heavy atom. The molecule has 1 saturated heterocycles. The molecule has 0 radical (unpaired) electrons. The molecule has 1 heterocycles. The Morgan fingerprint density at radius 1 is 1.24 bits per heavy atom. The molecule has 6 heteroatoms. The average molecular weight is 402 g/mol. The van der Waals surface area contributed by atoms with Gasteiger partial charge in [-0.1, -0.05) is 0 Å². The fourth-order valence-electron chi connectivity index (χ4n) is 2.34. The number of phenolic OH excluding ortho intramolecular Hbond substituents is 1. The molecule has 0 atom stereocenters. The molecule has 0 aliphatic carbocycles. The van der Waals surface area contributed by atoms with Crippen molar-refractivity contribution >= 4 is 34.4 Å². The third-order valence-electron chi connectivity index (χ3n) is 3.54. The molecule has 0 spiro atoms. The van der Waals surface area contributed by atoms with Crippen LogP contribution in [0.25, 0.3) is 0 Å². The fraction of sp³-hybridized carbons (Fsp3) is 0.467. The summed E-state index contributed by atoms with van der Waals surface area (Å²) in [5.74, 6) is -0.0822. The van der Waals surface area contributed by atoms with Gasteiger partial charge in [-0.25, -0.2) is 0 Å². The highest BCUT2D eigenvalue weighted by molar-refractivity contribution is 14.1. The Balaban J connectivity index is 1.78. The van der Waals surface area contributed by atoms with Gasteiger partial charge >= 0.3 is 0 Å². The van der Waals surface area contributed by atoms with Gasteiger partial charge in [0.05, 0.1) is 3.57 Å². The predicted molar refractivity (Wildman–Crippen MR) is 88.2 cm³/mol. The number of hydrogen-bond acceptors (Lipinski definition) is 3. The number of piperidine rings is 1. The second kappa shape index (κ2) is 7.63.